The standard InChI is InChI=1S/C23H27N5O2/c29-21(24-12-6-9-18-7-2-1-3-8-18)17-27-13-15-28(16-14-27)23(30)22-19-10-4-5-11-20(19)25-26-22/h1-5,7-8,10-11H,6,9,12-17H2,(H,24,29)(H,25,26). The zero-order chi connectivity index (χ0) is 20.8. The summed E-state index contributed by atoms with van der Waals surface area (Å²) in [4.78, 5) is 29.0. The van der Waals surface area contributed by atoms with Gasteiger partial charge in [0.2, 0.25) is 5.91 Å². The number of H-pyrrole nitrogens is 1. The van der Waals surface area contributed by atoms with Crippen LogP contribution in [0, 0.1) is 0 Å². The lowest BCUT2D eigenvalue weighted by atomic mass is 10.1. The molecule has 0 spiro atoms. The predicted molar refractivity (Wildman–Crippen MR) is 116 cm³/mol. The molecule has 0 bridgehead atoms. The third-order valence-electron chi connectivity index (χ3n) is 5.51. The lowest BCUT2D eigenvalue weighted by Gasteiger charge is -2.34. The lowest BCUT2D eigenvalue weighted by Crippen LogP contribution is -2.51. The molecule has 2 amide bonds. The molecule has 1 saturated heterocycles. The summed E-state index contributed by atoms with van der Waals surface area (Å²) in [6, 6.07) is 17.9. The van der Waals surface area contributed by atoms with Gasteiger partial charge in [0.15, 0.2) is 5.69 Å². The van der Waals surface area contributed by atoms with Gasteiger partial charge in [-0.1, -0.05) is 48.5 Å². The van der Waals surface area contributed by atoms with Crippen molar-refractivity contribution >= 4 is 22.7 Å². The Hall–Kier alpha value is -3.19. The molecule has 0 unspecified atom stereocenters. The van der Waals surface area contributed by atoms with E-state index in [-0.39, 0.29) is 11.8 Å². The molecule has 1 aromatic heterocycles. The molecule has 3 aromatic rings. The number of carbonyl (C=O) groups excluding carboxylic acids is 2. The fourth-order valence-electron chi connectivity index (χ4n) is 3.81. The van der Waals surface area contributed by atoms with Gasteiger partial charge in [-0.3, -0.25) is 19.6 Å². The van der Waals surface area contributed by atoms with Crippen LogP contribution in [0.25, 0.3) is 10.9 Å². The van der Waals surface area contributed by atoms with Gasteiger partial charge in [0.1, 0.15) is 0 Å². The monoisotopic (exact) mass is 405 g/mol. The van der Waals surface area contributed by atoms with Crippen molar-refractivity contribution in [2.75, 3.05) is 39.3 Å². The molecule has 0 radical (unpaired) electrons. The number of benzene rings is 2. The number of hydrogen-bond donors (Lipinski definition) is 2. The molecule has 1 fully saturated rings. The zero-order valence-corrected chi connectivity index (χ0v) is 17.0. The molecule has 2 heterocycles. The minimum atomic E-state index is -0.0579. The summed E-state index contributed by atoms with van der Waals surface area (Å²) >= 11 is 0. The highest BCUT2D eigenvalue weighted by atomic mass is 16.2. The van der Waals surface area contributed by atoms with E-state index in [2.05, 4.69) is 32.5 Å². The molecular weight excluding hydrogens is 378 g/mol. The molecule has 156 valence electrons. The fourth-order valence-corrected chi connectivity index (χ4v) is 3.81. The topological polar surface area (TPSA) is 81.3 Å². The van der Waals surface area contributed by atoms with E-state index in [1.165, 1.54) is 5.56 Å². The second-order valence-corrected chi connectivity index (χ2v) is 7.63. The number of aromatic nitrogens is 2. The Bertz CT molecular complexity index is 993. The van der Waals surface area contributed by atoms with Gasteiger partial charge in [-0.25, -0.2) is 0 Å². The first-order valence-corrected chi connectivity index (χ1v) is 10.5. The molecular formula is C23H27N5O2. The predicted octanol–water partition coefficient (Wildman–Crippen LogP) is 2.07. The van der Waals surface area contributed by atoms with E-state index in [1.807, 2.05) is 47.4 Å². The first-order valence-electron chi connectivity index (χ1n) is 10.5. The maximum Gasteiger partial charge on any atom is 0.275 e. The van der Waals surface area contributed by atoms with Crippen molar-refractivity contribution in [1.29, 1.82) is 0 Å². The van der Waals surface area contributed by atoms with Gasteiger partial charge >= 0.3 is 0 Å². The second-order valence-electron chi connectivity index (χ2n) is 7.63. The van der Waals surface area contributed by atoms with E-state index < -0.39 is 0 Å². The van der Waals surface area contributed by atoms with Crippen LogP contribution in [-0.2, 0) is 11.2 Å². The van der Waals surface area contributed by atoms with Crippen LogP contribution in [0.4, 0.5) is 0 Å². The molecule has 7 nitrogen and oxygen atoms in total. The Balaban J connectivity index is 1.19. The van der Waals surface area contributed by atoms with Gasteiger partial charge in [-0.15, -0.1) is 0 Å². The van der Waals surface area contributed by atoms with Crippen LogP contribution >= 0.6 is 0 Å². The summed E-state index contributed by atoms with van der Waals surface area (Å²) in [6.45, 7) is 3.62. The minimum absolute atomic E-state index is 0.0427. The van der Waals surface area contributed by atoms with Crippen molar-refractivity contribution < 1.29 is 9.59 Å². The normalized spacial score (nSPS) is 14.7. The summed E-state index contributed by atoms with van der Waals surface area (Å²) < 4.78 is 0. The van der Waals surface area contributed by atoms with Crippen LogP contribution in [-0.4, -0.2) is 71.1 Å². The smallest absolute Gasteiger partial charge is 0.275 e. The number of rotatable bonds is 7. The van der Waals surface area contributed by atoms with E-state index in [1.54, 1.807) is 0 Å². The van der Waals surface area contributed by atoms with Crippen molar-refractivity contribution in [3.8, 4) is 0 Å². The molecule has 2 aromatic carbocycles. The van der Waals surface area contributed by atoms with Crippen LogP contribution in [0.2, 0.25) is 0 Å². The summed E-state index contributed by atoms with van der Waals surface area (Å²) in [5.41, 5.74) is 2.62. The van der Waals surface area contributed by atoms with Crippen molar-refractivity contribution in [3.05, 3.63) is 65.9 Å². The van der Waals surface area contributed by atoms with E-state index in [9.17, 15) is 9.59 Å². The maximum atomic E-state index is 12.8. The van der Waals surface area contributed by atoms with E-state index in [4.69, 9.17) is 0 Å². The van der Waals surface area contributed by atoms with E-state index >= 15 is 0 Å². The second kappa shape index (κ2) is 9.54. The SMILES string of the molecule is O=C(CN1CCN(C(=O)c2n[nH]c3ccccc23)CC1)NCCCc1ccccc1. The summed E-state index contributed by atoms with van der Waals surface area (Å²) in [7, 11) is 0. The average molecular weight is 406 g/mol. The number of hydrogen-bond acceptors (Lipinski definition) is 4. The highest BCUT2D eigenvalue weighted by Gasteiger charge is 2.25. The van der Waals surface area contributed by atoms with Crippen LogP contribution in [0.3, 0.4) is 0 Å². The number of aromatic amines is 1. The Labute approximate surface area is 176 Å². The van der Waals surface area contributed by atoms with Gasteiger partial charge in [-0.05, 0) is 24.5 Å². The maximum absolute atomic E-state index is 12.8. The Kier molecular flexibility index (Phi) is 6.39. The Morgan fingerprint density at radius 2 is 1.70 bits per heavy atom. The molecule has 0 aliphatic carbocycles. The third-order valence-corrected chi connectivity index (χ3v) is 5.51. The summed E-state index contributed by atoms with van der Waals surface area (Å²) in [6.07, 6.45) is 1.89. The Morgan fingerprint density at radius 1 is 0.967 bits per heavy atom. The molecule has 2 N–H and O–H groups in total. The molecule has 1 aliphatic heterocycles. The molecule has 7 heteroatoms. The van der Waals surface area contributed by atoms with Crippen molar-refractivity contribution in [2.24, 2.45) is 0 Å². The van der Waals surface area contributed by atoms with Gasteiger partial charge in [-0.2, -0.15) is 5.10 Å². The van der Waals surface area contributed by atoms with Crippen molar-refractivity contribution in [2.45, 2.75) is 12.8 Å². The molecule has 0 saturated carbocycles. The number of carbonyl (C=O) groups is 2. The van der Waals surface area contributed by atoms with Crippen LogP contribution in [0.15, 0.2) is 54.6 Å². The fraction of sp³-hybridized carbons (Fsp3) is 0.348. The van der Waals surface area contributed by atoms with Crippen molar-refractivity contribution in [1.82, 2.24) is 25.3 Å². The Morgan fingerprint density at radius 3 is 2.50 bits per heavy atom. The molecule has 1 aliphatic rings. The minimum Gasteiger partial charge on any atom is -0.355 e. The largest absolute Gasteiger partial charge is 0.355 e. The van der Waals surface area contributed by atoms with Crippen LogP contribution in [0.5, 0.6) is 0 Å². The number of nitrogens with one attached hydrogen (secondary N) is 2. The van der Waals surface area contributed by atoms with Gasteiger partial charge in [0.05, 0.1) is 12.1 Å². The van der Waals surface area contributed by atoms with Gasteiger partial charge < -0.3 is 10.2 Å². The van der Waals surface area contributed by atoms with Crippen LogP contribution in [0.1, 0.15) is 22.5 Å². The van der Waals surface area contributed by atoms with E-state index in [0.29, 0.717) is 45.0 Å². The van der Waals surface area contributed by atoms with Crippen LogP contribution < -0.4 is 5.32 Å². The van der Waals surface area contributed by atoms with Crippen molar-refractivity contribution in [3.63, 3.8) is 0 Å². The third kappa shape index (κ3) is 4.86. The molecule has 4 rings (SSSR count). The quantitative estimate of drug-likeness (QED) is 0.590. The average Bonchev–Trinajstić information content (AvgIpc) is 3.22. The van der Waals surface area contributed by atoms with Gasteiger partial charge in [0.25, 0.3) is 5.91 Å². The highest BCUT2D eigenvalue weighted by Crippen LogP contribution is 2.17. The first kappa shape index (κ1) is 20.1. The highest BCUT2D eigenvalue weighted by molar-refractivity contribution is 6.04. The van der Waals surface area contributed by atoms with Gasteiger partial charge in [0, 0.05) is 38.1 Å². The number of piperazine rings is 1. The molecule has 0 atom stereocenters. The molecule has 30 heavy (non-hydrogen) atoms. The van der Waals surface area contributed by atoms with E-state index in [0.717, 1.165) is 23.7 Å². The number of fused-ring (bicyclic) bond motifs is 1. The first-order chi connectivity index (χ1) is 14.7. The number of amides is 2. The summed E-state index contributed by atoms with van der Waals surface area (Å²) in [5, 5.41) is 11.0. The number of aryl methyl sites for hydroxylation is 1. The zero-order valence-electron chi connectivity index (χ0n) is 17.0. The summed E-state index contributed by atoms with van der Waals surface area (Å²) in [5.74, 6) is -0.0152. The number of nitrogens with zero attached hydrogens (tertiary/aromatic N) is 3. The lowest BCUT2D eigenvalue weighted by molar-refractivity contribution is -0.122. The number of para-hydroxylation sites is 1.